The molecule has 1 aliphatic carbocycles. The molecular weight excluding hydrogens is 256 g/mol. The fourth-order valence-electron chi connectivity index (χ4n) is 2.77. The van der Waals surface area contributed by atoms with Crippen LogP contribution in [0.15, 0.2) is 35.3 Å². The van der Waals surface area contributed by atoms with Crippen LogP contribution in [0.5, 0.6) is 0 Å². The van der Waals surface area contributed by atoms with E-state index in [1.165, 1.54) is 10.5 Å². The van der Waals surface area contributed by atoms with Crippen LogP contribution in [0.2, 0.25) is 0 Å². The Morgan fingerprint density at radius 3 is 2.90 bits per heavy atom. The Morgan fingerprint density at radius 2 is 2.10 bits per heavy atom. The quantitative estimate of drug-likeness (QED) is 0.802. The highest BCUT2D eigenvalue weighted by Gasteiger charge is 2.48. The van der Waals surface area contributed by atoms with Gasteiger partial charge in [0.25, 0.3) is 5.56 Å². The van der Waals surface area contributed by atoms with Gasteiger partial charge in [-0.25, -0.2) is 4.98 Å². The van der Waals surface area contributed by atoms with Crippen LogP contribution in [0, 0.1) is 0 Å². The molecule has 0 aromatic carbocycles. The first kappa shape index (κ1) is 11.5. The van der Waals surface area contributed by atoms with Crippen molar-refractivity contribution in [3.05, 3.63) is 40.8 Å². The molecule has 4 rings (SSSR count). The number of nitrogens with zero attached hydrogens (tertiary/aromatic N) is 3. The minimum Gasteiger partial charge on any atom is -0.347 e. The smallest absolute Gasteiger partial charge is 0.259 e. The van der Waals surface area contributed by atoms with Crippen molar-refractivity contribution in [1.29, 1.82) is 0 Å². The molecule has 1 aliphatic heterocycles. The summed E-state index contributed by atoms with van der Waals surface area (Å²) < 4.78 is 1.50. The second-order valence-electron chi connectivity index (χ2n) is 5.57. The van der Waals surface area contributed by atoms with Gasteiger partial charge in [0.05, 0.1) is 12.1 Å². The monoisotopic (exact) mass is 270 g/mol. The highest BCUT2D eigenvalue weighted by atomic mass is 16.2. The number of anilines is 1. The molecule has 1 N–H and O–H groups in total. The lowest BCUT2D eigenvalue weighted by Crippen LogP contribution is -2.56. The molecule has 0 bridgehead atoms. The van der Waals surface area contributed by atoms with Gasteiger partial charge in [-0.3, -0.25) is 14.0 Å². The van der Waals surface area contributed by atoms with E-state index in [2.05, 4.69) is 10.3 Å². The standard InChI is InChI=1S/C14H14N4O2/c19-12-8-17(9-14(16-12)4-5-14)11-7-13(20)18-6-2-1-3-10(18)15-11/h1-3,6-7H,4-5,8-9H2,(H,16,19). The van der Waals surface area contributed by atoms with Gasteiger partial charge in [0.2, 0.25) is 5.91 Å². The fraction of sp³-hybridized carbons (Fsp3) is 0.357. The van der Waals surface area contributed by atoms with E-state index >= 15 is 0 Å². The molecule has 2 aromatic rings. The lowest BCUT2D eigenvalue weighted by Gasteiger charge is -2.34. The number of carbonyl (C=O) groups excluding carboxylic acids is 1. The Labute approximate surface area is 115 Å². The molecule has 1 saturated carbocycles. The van der Waals surface area contributed by atoms with E-state index < -0.39 is 0 Å². The third-order valence-corrected chi connectivity index (χ3v) is 3.97. The molecule has 2 aromatic heterocycles. The van der Waals surface area contributed by atoms with Gasteiger partial charge < -0.3 is 10.2 Å². The summed E-state index contributed by atoms with van der Waals surface area (Å²) >= 11 is 0. The average Bonchev–Trinajstić information content (AvgIpc) is 3.16. The molecule has 0 unspecified atom stereocenters. The highest BCUT2D eigenvalue weighted by molar-refractivity contribution is 5.84. The summed E-state index contributed by atoms with van der Waals surface area (Å²) in [5.41, 5.74) is 0.394. The van der Waals surface area contributed by atoms with Crippen molar-refractivity contribution in [2.45, 2.75) is 18.4 Å². The van der Waals surface area contributed by atoms with Crippen molar-refractivity contribution in [3.8, 4) is 0 Å². The number of pyridine rings is 1. The van der Waals surface area contributed by atoms with Gasteiger partial charge in [-0.05, 0) is 25.0 Å². The van der Waals surface area contributed by atoms with Gasteiger partial charge in [0, 0.05) is 18.8 Å². The largest absolute Gasteiger partial charge is 0.347 e. The molecule has 1 amide bonds. The fourth-order valence-corrected chi connectivity index (χ4v) is 2.77. The zero-order valence-electron chi connectivity index (χ0n) is 10.9. The van der Waals surface area contributed by atoms with E-state index in [0.29, 0.717) is 11.5 Å². The number of nitrogens with one attached hydrogen (secondary N) is 1. The molecule has 0 radical (unpaired) electrons. The molecule has 1 spiro atoms. The third kappa shape index (κ3) is 1.76. The Kier molecular flexibility index (Phi) is 2.19. The van der Waals surface area contributed by atoms with E-state index in [4.69, 9.17) is 0 Å². The number of hydrogen-bond donors (Lipinski definition) is 1. The van der Waals surface area contributed by atoms with Crippen LogP contribution >= 0.6 is 0 Å². The zero-order chi connectivity index (χ0) is 13.7. The normalized spacial score (nSPS) is 20.2. The molecule has 2 fully saturated rings. The van der Waals surface area contributed by atoms with Crippen molar-refractivity contribution < 1.29 is 4.79 Å². The number of amides is 1. The summed E-state index contributed by atoms with van der Waals surface area (Å²) in [5.74, 6) is 0.589. The molecule has 3 heterocycles. The minimum atomic E-state index is -0.124. The second-order valence-corrected chi connectivity index (χ2v) is 5.57. The van der Waals surface area contributed by atoms with Crippen LogP contribution < -0.4 is 15.8 Å². The van der Waals surface area contributed by atoms with E-state index in [1.54, 1.807) is 18.3 Å². The van der Waals surface area contributed by atoms with Crippen molar-refractivity contribution in [2.24, 2.45) is 0 Å². The minimum absolute atomic E-state index is 0.00353. The van der Waals surface area contributed by atoms with Crippen LogP contribution in [0.25, 0.3) is 5.65 Å². The summed E-state index contributed by atoms with van der Waals surface area (Å²) in [5, 5.41) is 3.03. The Morgan fingerprint density at radius 1 is 1.25 bits per heavy atom. The summed E-state index contributed by atoms with van der Waals surface area (Å²) in [4.78, 5) is 30.3. The lowest BCUT2D eigenvalue weighted by molar-refractivity contribution is -0.121. The van der Waals surface area contributed by atoms with Gasteiger partial charge in [0.15, 0.2) is 0 Å². The van der Waals surface area contributed by atoms with Crippen LogP contribution in [-0.4, -0.2) is 33.9 Å². The van der Waals surface area contributed by atoms with E-state index in [1.807, 2.05) is 11.0 Å². The first-order valence-electron chi connectivity index (χ1n) is 6.70. The van der Waals surface area contributed by atoms with E-state index in [9.17, 15) is 9.59 Å². The molecule has 6 heteroatoms. The van der Waals surface area contributed by atoms with E-state index in [0.717, 1.165) is 19.4 Å². The Hall–Kier alpha value is -2.37. The highest BCUT2D eigenvalue weighted by Crippen LogP contribution is 2.38. The summed E-state index contributed by atoms with van der Waals surface area (Å²) in [7, 11) is 0. The van der Waals surface area contributed by atoms with Gasteiger partial charge >= 0.3 is 0 Å². The lowest BCUT2D eigenvalue weighted by atomic mass is 10.2. The zero-order valence-corrected chi connectivity index (χ0v) is 10.9. The molecular formula is C14H14N4O2. The van der Waals surface area contributed by atoms with Crippen LogP contribution in [0.1, 0.15) is 12.8 Å². The van der Waals surface area contributed by atoms with Crippen molar-refractivity contribution in [3.63, 3.8) is 0 Å². The predicted octanol–water partition coefficient (Wildman–Crippen LogP) is 0.163. The number of hydrogen-bond acceptors (Lipinski definition) is 4. The van der Waals surface area contributed by atoms with Crippen LogP contribution in [0.4, 0.5) is 5.82 Å². The van der Waals surface area contributed by atoms with Crippen molar-refractivity contribution in [1.82, 2.24) is 14.7 Å². The molecule has 102 valence electrons. The van der Waals surface area contributed by atoms with Crippen LogP contribution in [0.3, 0.4) is 0 Å². The summed E-state index contributed by atoms with van der Waals surface area (Å²) in [6.45, 7) is 0.991. The topological polar surface area (TPSA) is 66.7 Å². The second kappa shape index (κ2) is 3.82. The number of rotatable bonds is 1. The van der Waals surface area contributed by atoms with Crippen LogP contribution in [-0.2, 0) is 4.79 Å². The maximum Gasteiger partial charge on any atom is 0.259 e. The van der Waals surface area contributed by atoms with Gasteiger partial charge in [-0.2, -0.15) is 0 Å². The molecule has 6 nitrogen and oxygen atoms in total. The van der Waals surface area contributed by atoms with Crippen molar-refractivity contribution >= 4 is 17.4 Å². The number of piperazine rings is 1. The third-order valence-electron chi connectivity index (χ3n) is 3.97. The molecule has 20 heavy (non-hydrogen) atoms. The predicted molar refractivity (Wildman–Crippen MR) is 73.8 cm³/mol. The maximum absolute atomic E-state index is 12.1. The van der Waals surface area contributed by atoms with E-state index in [-0.39, 0.29) is 23.6 Å². The van der Waals surface area contributed by atoms with Crippen molar-refractivity contribution in [2.75, 3.05) is 18.0 Å². The SMILES string of the molecule is O=C1CN(c2cc(=O)n3ccccc3n2)CC2(CC2)N1. The Bertz CT molecular complexity index is 763. The summed E-state index contributed by atoms with van der Waals surface area (Å²) in [6.07, 6.45) is 3.70. The number of aromatic nitrogens is 2. The average molecular weight is 270 g/mol. The first-order chi connectivity index (χ1) is 9.65. The Balaban J connectivity index is 1.78. The molecule has 0 atom stereocenters. The van der Waals surface area contributed by atoms with Gasteiger partial charge in [0.1, 0.15) is 11.5 Å². The number of carbonyl (C=O) groups is 1. The maximum atomic E-state index is 12.1. The summed E-state index contributed by atoms with van der Waals surface area (Å²) in [6, 6.07) is 6.93. The molecule has 1 saturated heterocycles. The van der Waals surface area contributed by atoms with Gasteiger partial charge in [-0.15, -0.1) is 0 Å². The number of fused-ring (bicyclic) bond motifs is 1. The van der Waals surface area contributed by atoms with Gasteiger partial charge in [-0.1, -0.05) is 6.07 Å². The molecule has 2 aliphatic rings. The first-order valence-corrected chi connectivity index (χ1v) is 6.70.